The third-order valence-corrected chi connectivity index (χ3v) is 4.53. The van der Waals surface area contributed by atoms with Crippen LogP contribution < -0.4 is 10.2 Å². The summed E-state index contributed by atoms with van der Waals surface area (Å²) in [5, 5.41) is 4.56. The third kappa shape index (κ3) is 4.20. The molecular formula is C22H29N4+. The van der Waals surface area contributed by atoms with Crippen molar-refractivity contribution in [3.05, 3.63) is 54.1 Å². The highest BCUT2D eigenvalue weighted by Crippen LogP contribution is 2.27. The van der Waals surface area contributed by atoms with Crippen LogP contribution in [0.5, 0.6) is 0 Å². The van der Waals surface area contributed by atoms with Gasteiger partial charge in [0.25, 0.3) is 0 Å². The Morgan fingerprint density at radius 2 is 1.62 bits per heavy atom. The maximum absolute atomic E-state index is 4.83. The van der Waals surface area contributed by atoms with Crippen molar-refractivity contribution < 1.29 is 4.90 Å². The summed E-state index contributed by atoms with van der Waals surface area (Å²) in [6.45, 7) is 8.59. The van der Waals surface area contributed by atoms with Crippen LogP contribution in [0.4, 0.5) is 5.82 Å². The highest BCUT2D eigenvalue weighted by atomic mass is 15.1. The van der Waals surface area contributed by atoms with Crippen molar-refractivity contribution in [1.29, 1.82) is 0 Å². The largest absolute Gasteiger partial charge is 0.364 e. The number of fused-ring (bicyclic) bond motifs is 1. The van der Waals surface area contributed by atoms with E-state index in [9.17, 15) is 0 Å². The standard InChI is InChI=1S/C22H28N4/c1-22(2,3)17-12-10-16(11-13-17)20-24-19-9-7-6-8-18(19)21(25-20)23-14-15-26(4)5/h6-13H,14-15H2,1-5H3,(H,23,24,25)/p+1. The average Bonchev–Trinajstić information content (AvgIpc) is 2.60. The van der Waals surface area contributed by atoms with Crippen molar-refractivity contribution in [2.45, 2.75) is 26.2 Å². The summed E-state index contributed by atoms with van der Waals surface area (Å²) in [6, 6.07) is 16.8. The van der Waals surface area contributed by atoms with E-state index in [1.54, 1.807) is 0 Å². The predicted molar refractivity (Wildman–Crippen MR) is 110 cm³/mol. The molecule has 0 radical (unpaired) electrons. The molecule has 0 amide bonds. The number of hydrogen-bond acceptors (Lipinski definition) is 3. The first-order chi connectivity index (χ1) is 12.3. The Morgan fingerprint density at radius 3 is 2.27 bits per heavy atom. The summed E-state index contributed by atoms with van der Waals surface area (Å²) in [5.41, 5.74) is 3.47. The van der Waals surface area contributed by atoms with Gasteiger partial charge in [-0.15, -0.1) is 0 Å². The molecule has 4 nitrogen and oxygen atoms in total. The number of nitrogens with zero attached hydrogens (tertiary/aromatic N) is 2. The van der Waals surface area contributed by atoms with Gasteiger partial charge < -0.3 is 10.2 Å². The molecule has 136 valence electrons. The maximum atomic E-state index is 4.83. The average molecular weight is 350 g/mol. The molecule has 0 aliphatic carbocycles. The molecule has 0 bridgehead atoms. The number of anilines is 1. The second kappa shape index (κ2) is 7.42. The number of aromatic nitrogens is 2. The zero-order valence-corrected chi connectivity index (χ0v) is 16.4. The summed E-state index contributed by atoms with van der Waals surface area (Å²) in [7, 11) is 4.31. The first-order valence-corrected chi connectivity index (χ1v) is 9.25. The normalized spacial score (nSPS) is 11.9. The molecule has 0 spiro atoms. The minimum absolute atomic E-state index is 0.143. The molecule has 2 N–H and O–H groups in total. The molecule has 0 fully saturated rings. The van der Waals surface area contributed by atoms with Crippen molar-refractivity contribution in [3.8, 4) is 11.4 Å². The maximum Gasteiger partial charge on any atom is 0.162 e. The number of nitrogens with one attached hydrogen (secondary N) is 2. The molecule has 0 saturated heterocycles. The van der Waals surface area contributed by atoms with Gasteiger partial charge >= 0.3 is 0 Å². The van der Waals surface area contributed by atoms with Crippen LogP contribution in [0.1, 0.15) is 26.3 Å². The molecular weight excluding hydrogens is 320 g/mol. The van der Waals surface area contributed by atoms with E-state index in [0.717, 1.165) is 41.2 Å². The lowest BCUT2D eigenvalue weighted by molar-refractivity contribution is -0.856. The fraction of sp³-hybridized carbons (Fsp3) is 0.364. The molecule has 1 heterocycles. The molecule has 0 saturated carbocycles. The first kappa shape index (κ1) is 18.3. The van der Waals surface area contributed by atoms with Crippen molar-refractivity contribution in [2.75, 3.05) is 32.5 Å². The van der Waals surface area contributed by atoms with Crippen molar-refractivity contribution in [2.24, 2.45) is 0 Å². The lowest BCUT2D eigenvalue weighted by Crippen LogP contribution is -3.06. The van der Waals surface area contributed by atoms with E-state index in [2.05, 4.69) is 70.5 Å². The van der Waals surface area contributed by atoms with Crippen molar-refractivity contribution >= 4 is 16.7 Å². The SMILES string of the molecule is C[NH+](C)CCNc1nc(-c2ccc(C(C)(C)C)cc2)nc2ccccc12. The Labute approximate surface area is 156 Å². The summed E-state index contributed by atoms with van der Waals surface area (Å²) in [6.07, 6.45) is 0. The molecule has 3 aromatic rings. The molecule has 3 rings (SSSR count). The third-order valence-electron chi connectivity index (χ3n) is 4.53. The fourth-order valence-electron chi connectivity index (χ4n) is 2.89. The van der Waals surface area contributed by atoms with Crippen LogP contribution >= 0.6 is 0 Å². The van der Waals surface area contributed by atoms with Crippen LogP contribution in [0.15, 0.2) is 48.5 Å². The Kier molecular flexibility index (Phi) is 5.23. The van der Waals surface area contributed by atoms with Gasteiger partial charge in [-0.25, -0.2) is 9.97 Å². The predicted octanol–water partition coefficient (Wildman–Crippen LogP) is 3.15. The highest BCUT2D eigenvalue weighted by Gasteiger charge is 2.14. The molecule has 0 unspecified atom stereocenters. The van der Waals surface area contributed by atoms with E-state index in [1.807, 2.05) is 18.2 Å². The summed E-state index contributed by atoms with van der Waals surface area (Å²) in [4.78, 5) is 11.0. The van der Waals surface area contributed by atoms with Gasteiger partial charge in [0.1, 0.15) is 5.82 Å². The number of para-hydroxylation sites is 1. The van der Waals surface area contributed by atoms with Gasteiger partial charge in [-0.05, 0) is 23.1 Å². The molecule has 0 aliphatic heterocycles. The molecule has 0 aliphatic rings. The van der Waals surface area contributed by atoms with Gasteiger partial charge in [-0.3, -0.25) is 0 Å². The van der Waals surface area contributed by atoms with Gasteiger partial charge in [0.15, 0.2) is 5.82 Å². The van der Waals surface area contributed by atoms with Gasteiger partial charge in [0, 0.05) is 10.9 Å². The molecule has 26 heavy (non-hydrogen) atoms. The summed E-state index contributed by atoms with van der Waals surface area (Å²) >= 11 is 0. The second-order valence-corrected chi connectivity index (χ2v) is 8.12. The van der Waals surface area contributed by atoms with Gasteiger partial charge in [-0.2, -0.15) is 0 Å². The first-order valence-electron chi connectivity index (χ1n) is 9.25. The number of likely N-dealkylation sites (N-methyl/N-ethyl adjacent to an activating group) is 1. The molecule has 2 aromatic carbocycles. The number of quaternary nitrogens is 1. The zero-order valence-electron chi connectivity index (χ0n) is 16.4. The zero-order chi connectivity index (χ0) is 18.7. The minimum atomic E-state index is 0.143. The Balaban J connectivity index is 1.98. The van der Waals surface area contributed by atoms with Gasteiger partial charge in [0.2, 0.25) is 0 Å². The summed E-state index contributed by atoms with van der Waals surface area (Å²) in [5.74, 6) is 1.68. The fourth-order valence-corrected chi connectivity index (χ4v) is 2.89. The molecule has 1 aromatic heterocycles. The highest BCUT2D eigenvalue weighted by molar-refractivity contribution is 5.90. The lowest BCUT2D eigenvalue weighted by Gasteiger charge is -2.19. The van der Waals surface area contributed by atoms with E-state index in [4.69, 9.17) is 9.97 Å². The van der Waals surface area contributed by atoms with E-state index >= 15 is 0 Å². The summed E-state index contributed by atoms with van der Waals surface area (Å²) < 4.78 is 0. The van der Waals surface area contributed by atoms with Crippen LogP contribution in [-0.4, -0.2) is 37.2 Å². The Hall–Kier alpha value is -2.46. The second-order valence-electron chi connectivity index (χ2n) is 8.12. The Morgan fingerprint density at radius 1 is 0.923 bits per heavy atom. The monoisotopic (exact) mass is 349 g/mol. The Bertz CT molecular complexity index is 877. The van der Waals surface area contributed by atoms with Crippen LogP contribution in [0.2, 0.25) is 0 Å². The van der Waals surface area contributed by atoms with E-state index in [1.165, 1.54) is 10.5 Å². The number of rotatable bonds is 5. The number of hydrogen-bond donors (Lipinski definition) is 2. The van der Waals surface area contributed by atoms with Crippen LogP contribution in [0, 0.1) is 0 Å². The van der Waals surface area contributed by atoms with Crippen LogP contribution in [-0.2, 0) is 5.41 Å². The molecule has 0 atom stereocenters. The number of benzene rings is 2. The van der Waals surface area contributed by atoms with E-state index in [0.29, 0.717) is 0 Å². The van der Waals surface area contributed by atoms with Crippen LogP contribution in [0.3, 0.4) is 0 Å². The quantitative estimate of drug-likeness (QED) is 0.744. The van der Waals surface area contributed by atoms with Crippen molar-refractivity contribution in [3.63, 3.8) is 0 Å². The lowest BCUT2D eigenvalue weighted by atomic mass is 9.87. The van der Waals surface area contributed by atoms with Crippen molar-refractivity contribution in [1.82, 2.24) is 9.97 Å². The van der Waals surface area contributed by atoms with E-state index < -0.39 is 0 Å². The van der Waals surface area contributed by atoms with Gasteiger partial charge in [0.05, 0.1) is 32.7 Å². The minimum Gasteiger partial charge on any atom is -0.364 e. The van der Waals surface area contributed by atoms with E-state index in [-0.39, 0.29) is 5.41 Å². The van der Waals surface area contributed by atoms with Crippen LogP contribution in [0.25, 0.3) is 22.3 Å². The van der Waals surface area contributed by atoms with Gasteiger partial charge in [-0.1, -0.05) is 57.2 Å². The molecule has 4 heteroatoms. The smallest absolute Gasteiger partial charge is 0.162 e. The topological polar surface area (TPSA) is 42.2 Å².